The number of benzene rings is 1. The van der Waals surface area contributed by atoms with Crippen molar-refractivity contribution in [1.29, 1.82) is 0 Å². The SMILES string of the molecule is Cc1ccc(-c2[nH]ncc2CN2CCCN(c3ncccn3)CC2)cc1C. The number of H-pyrrole nitrogens is 1. The molecule has 0 spiro atoms. The number of anilines is 1. The van der Waals surface area contributed by atoms with Gasteiger partial charge in [-0.05, 0) is 43.5 Å². The van der Waals surface area contributed by atoms with Crippen molar-refractivity contribution >= 4 is 5.95 Å². The second-order valence-corrected chi connectivity index (χ2v) is 7.23. The molecule has 1 aliphatic heterocycles. The van der Waals surface area contributed by atoms with E-state index in [-0.39, 0.29) is 0 Å². The van der Waals surface area contributed by atoms with Gasteiger partial charge in [-0.3, -0.25) is 10.00 Å². The van der Waals surface area contributed by atoms with Crippen LogP contribution in [-0.2, 0) is 6.54 Å². The van der Waals surface area contributed by atoms with Gasteiger partial charge in [0.15, 0.2) is 0 Å². The number of rotatable bonds is 4. The molecule has 0 amide bonds. The van der Waals surface area contributed by atoms with Gasteiger partial charge in [0.2, 0.25) is 5.95 Å². The fourth-order valence-corrected chi connectivity index (χ4v) is 3.60. The van der Waals surface area contributed by atoms with Crippen LogP contribution in [-0.4, -0.2) is 51.2 Å². The Kier molecular flexibility index (Phi) is 5.16. The summed E-state index contributed by atoms with van der Waals surface area (Å²) in [6.45, 7) is 9.21. The van der Waals surface area contributed by atoms with Gasteiger partial charge < -0.3 is 4.90 Å². The van der Waals surface area contributed by atoms with Gasteiger partial charge in [-0.1, -0.05) is 12.1 Å². The molecule has 27 heavy (non-hydrogen) atoms. The molecule has 140 valence electrons. The molecule has 0 radical (unpaired) electrons. The molecule has 6 heteroatoms. The second kappa shape index (κ2) is 7.88. The van der Waals surface area contributed by atoms with E-state index in [1.165, 1.54) is 22.3 Å². The molecule has 0 aliphatic carbocycles. The van der Waals surface area contributed by atoms with Crippen LogP contribution in [0.5, 0.6) is 0 Å². The Morgan fingerprint density at radius 2 is 1.85 bits per heavy atom. The third-order valence-electron chi connectivity index (χ3n) is 5.33. The first-order chi connectivity index (χ1) is 13.2. The largest absolute Gasteiger partial charge is 0.339 e. The third kappa shape index (κ3) is 4.01. The highest BCUT2D eigenvalue weighted by atomic mass is 15.3. The number of nitrogens with one attached hydrogen (secondary N) is 1. The molecule has 2 aromatic heterocycles. The Hall–Kier alpha value is -2.73. The van der Waals surface area contributed by atoms with E-state index in [1.54, 1.807) is 0 Å². The average molecular weight is 362 g/mol. The molecule has 3 aromatic rings. The minimum absolute atomic E-state index is 0.832. The van der Waals surface area contributed by atoms with Crippen LogP contribution in [0.25, 0.3) is 11.3 Å². The molecule has 0 unspecified atom stereocenters. The van der Waals surface area contributed by atoms with Crippen molar-refractivity contribution in [1.82, 2.24) is 25.1 Å². The minimum atomic E-state index is 0.832. The van der Waals surface area contributed by atoms with Crippen molar-refractivity contribution in [2.45, 2.75) is 26.8 Å². The van der Waals surface area contributed by atoms with Gasteiger partial charge >= 0.3 is 0 Å². The maximum atomic E-state index is 4.40. The van der Waals surface area contributed by atoms with Crippen molar-refractivity contribution in [2.24, 2.45) is 0 Å². The van der Waals surface area contributed by atoms with E-state index in [0.29, 0.717) is 0 Å². The Labute approximate surface area is 160 Å². The van der Waals surface area contributed by atoms with Gasteiger partial charge in [0.1, 0.15) is 0 Å². The van der Waals surface area contributed by atoms with E-state index in [0.717, 1.165) is 50.8 Å². The summed E-state index contributed by atoms with van der Waals surface area (Å²) < 4.78 is 0. The summed E-state index contributed by atoms with van der Waals surface area (Å²) in [6, 6.07) is 8.46. The number of aromatic amines is 1. The molecule has 1 aliphatic rings. The van der Waals surface area contributed by atoms with E-state index >= 15 is 0 Å². The molecular formula is C21H26N6. The number of hydrogen-bond acceptors (Lipinski definition) is 5. The smallest absolute Gasteiger partial charge is 0.225 e. The zero-order valence-electron chi connectivity index (χ0n) is 16.0. The lowest BCUT2D eigenvalue weighted by Crippen LogP contribution is -2.31. The normalized spacial score (nSPS) is 15.7. The van der Waals surface area contributed by atoms with Crippen LogP contribution in [0, 0.1) is 13.8 Å². The maximum Gasteiger partial charge on any atom is 0.225 e. The highest BCUT2D eigenvalue weighted by Crippen LogP contribution is 2.25. The van der Waals surface area contributed by atoms with Crippen molar-refractivity contribution in [3.8, 4) is 11.3 Å². The number of aromatic nitrogens is 4. The van der Waals surface area contributed by atoms with Crippen LogP contribution in [0.4, 0.5) is 5.95 Å². The topological polar surface area (TPSA) is 60.9 Å². The Morgan fingerprint density at radius 3 is 2.67 bits per heavy atom. The van der Waals surface area contributed by atoms with E-state index < -0.39 is 0 Å². The summed E-state index contributed by atoms with van der Waals surface area (Å²) in [5, 5.41) is 7.52. The highest BCUT2D eigenvalue weighted by Gasteiger charge is 2.18. The maximum absolute atomic E-state index is 4.40. The lowest BCUT2D eigenvalue weighted by molar-refractivity contribution is 0.286. The molecule has 3 heterocycles. The number of nitrogens with zero attached hydrogens (tertiary/aromatic N) is 5. The van der Waals surface area contributed by atoms with Crippen LogP contribution >= 0.6 is 0 Å². The van der Waals surface area contributed by atoms with Gasteiger partial charge in [0.25, 0.3) is 0 Å². The Balaban J connectivity index is 1.46. The summed E-state index contributed by atoms with van der Waals surface area (Å²) in [7, 11) is 0. The number of hydrogen-bond donors (Lipinski definition) is 1. The molecule has 1 N–H and O–H groups in total. The van der Waals surface area contributed by atoms with Crippen LogP contribution in [0.1, 0.15) is 23.1 Å². The van der Waals surface area contributed by atoms with E-state index in [1.807, 2.05) is 24.7 Å². The fourth-order valence-electron chi connectivity index (χ4n) is 3.60. The molecule has 0 bridgehead atoms. The van der Waals surface area contributed by atoms with Crippen molar-refractivity contribution in [3.63, 3.8) is 0 Å². The molecule has 0 saturated carbocycles. The van der Waals surface area contributed by atoms with E-state index in [4.69, 9.17) is 0 Å². The lowest BCUT2D eigenvalue weighted by Gasteiger charge is -2.21. The predicted octanol–water partition coefficient (Wildman–Crippen LogP) is 3.20. The Bertz CT molecular complexity index is 889. The molecule has 6 nitrogen and oxygen atoms in total. The fraction of sp³-hybridized carbons (Fsp3) is 0.381. The minimum Gasteiger partial charge on any atom is -0.339 e. The molecule has 0 atom stereocenters. The quantitative estimate of drug-likeness (QED) is 0.772. The zero-order chi connectivity index (χ0) is 18.6. The molecular weight excluding hydrogens is 336 g/mol. The van der Waals surface area contributed by atoms with E-state index in [2.05, 4.69) is 62.0 Å². The van der Waals surface area contributed by atoms with Crippen LogP contribution < -0.4 is 4.90 Å². The highest BCUT2D eigenvalue weighted by molar-refractivity contribution is 5.64. The van der Waals surface area contributed by atoms with Crippen LogP contribution in [0.3, 0.4) is 0 Å². The van der Waals surface area contributed by atoms with Gasteiger partial charge in [-0.15, -0.1) is 0 Å². The number of aryl methyl sites for hydroxylation is 2. The Morgan fingerprint density at radius 1 is 1.00 bits per heavy atom. The molecule has 4 rings (SSSR count). The van der Waals surface area contributed by atoms with Crippen molar-refractivity contribution < 1.29 is 0 Å². The molecule has 1 fully saturated rings. The first-order valence-electron chi connectivity index (χ1n) is 9.55. The summed E-state index contributed by atoms with van der Waals surface area (Å²) in [5.41, 5.74) is 6.21. The zero-order valence-corrected chi connectivity index (χ0v) is 16.0. The summed E-state index contributed by atoms with van der Waals surface area (Å²) in [5.74, 6) is 0.832. The lowest BCUT2D eigenvalue weighted by atomic mass is 10.0. The van der Waals surface area contributed by atoms with Crippen molar-refractivity contribution in [3.05, 3.63) is 59.5 Å². The summed E-state index contributed by atoms with van der Waals surface area (Å²) >= 11 is 0. The summed E-state index contributed by atoms with van der Waals surface area (Å²) in [4.78, 5) is 13.6. The first-order valence-corrected chi connectivity index (χ1v) is 9.55. The summed E-state index contributed by atoms with van der Waals surface area (Å²) in [6.07, 6.45) is 6.70. The first kappa shape index (κ1) is 17.7. The van der Waals surface area contributed by atoms with E-state index in [9.17, 15) is 0 Å². The monoisotopic (exact) mass is 362 g/mol. The third-order valence-corrected chi connectivity index (χ3v) is 5.33. The van der Waals surface area contributed by atoms with Crippen molar-refractivity contribution in [2.75, 3.05) is 31.1 Å². The van der Waals surface area contributed by atoms with Gasteiger partial charge in [-0.25, -0.2) is 9.97 Å². The van der Waals surface area contributed by atoms with Gasteiger partial charge in [0, 0.05) is 56.2 Å². The van der Waals surface area contributed by atoms with Gasteiger partial charge in [-0.2, -0.15) is 5.10 Å². The second-order valence-electron chi connectivity index (χ2n) is 7.23. The van der Waals surface area contributed by atoms with Gasteiger partial charge in [0.05, 0.1) is 11.9 Å². The molecule has 1 saturated heterocycles. The average Bonchev–Trinajstić information content (AvgIpc) is 3.02. The van der Waals surface area contributed by atoms with Crippen LogP contribution in [0.2, 0.25) is 0 Å². The standard InChI is InChI=1S/C21H26N6/c1-16-5-6-18(13-17(16)2)20-19(14-24-25-20)15-26-9-4-10-27(12-11-26)21-22-7-3-8-23-21/h3,5-8,13-14H,4,9-12,15H2,1-2H3,(H,24,25). The van der Waals surface area contributed by atoms with Crippen LogP contribution in [0.15, 0.2) is 42.9 Å². The predicted molar refractivity (Wildman–Crippen MR) is 108 cm³/mol. The molecule has 1 aromatic carbocycles.